The SMILES string of the molecule is CC(Sc1nc(N)c(C#N)c(-c2c(=O)o[nH][n+]2C)c1C#N)C(=O)Nc1ccccc1Br. The molecule has 12 heteroatoms. The van der Waals surface area contributed by atoms with Crippen molar-refractivity contribution in [1.82, 2.24) is 10.3 Å². The van der Waals surface area contributed by atoms with Crippen LogP contribution < -0.4 is 21.4 Å². The molecule has 31 heavy (non-hydrogen) atoms. The summed E-state index contributed by atoms with van der Waals surface area (Å²) in [5.74, 6) is -0.503. The molecule has 2 aromatic heterocycles. The van der Waals surface area contributed by atoms with E-state index in [0.29, 0.717) is 10.2 Å². The number of nitrogens with zero attached hydrogens (tertiary/aromatic N) is 4. The van der Waals surface area contributed by atoms with Gasteiger partial charge in [0.25, 0.3) is 0 Å². The Morgan fingerprint density at radius 2 is 2.03 bits per heavy atom. The molecule has 0 spiro atoms. The number of thioether (sulfide) groups is 1. The maximum Gasteiger partial charge on any atom is 0.435 e. The van der Waals surface area contributed by atoms with Crippen LogP contribution in [0.25, 0.3) is 11.3 Å². The zero-order valence-corrected chi connectivity index (χ0v) is 18.7. The third-order valence-corrected chi connectivity index (χ3v) is 6.02. The van der Waals surface area contributed by atoms with Crippen molar-refractivity contribution in [2.75, 3.05) is 11.1 Å². The topological polar surface area (TPSA) is 165 Å². The zero-order chi connectivity index (χ0) is 22.7. The van der Waals surface area contributed by atoms with Crippen LogP contribution in [0.3, 0.4) is 0 Å². The standard InChI is InChI=1S/C19H14BrN7O3S/c1-9(17(28)24-13-6-4-3-5-12(13)20)31-18-11(8-22)14(10(7-21)16(23)25-18)15-19(29)30-26-27(15)2/h3-6,9H,1-2H3,(H3-,23,24,25,26,28,29)/p+1. The van der Waals surface area contributed by atoms with Crippen LogP contribution in [0, 0.1) is 22.7 Å². The number of carbonyl (C=O) groups excluding carboxylic acids is 1. The van der Waals surface area contributed by atoms with Crippen LogP contribution in [-0.2, 0) is 11.8 Å². The van der Waals surface area contributed by atoms with E-state index in [1.54, 1.807) is 25.1 Å². The third-order valence-electron chi connectivity index (χ3n) is 4.25. The lowest BCUT2D eigenvalue weighted by molar-refractivity contribution is -0.730. The van der Waals surface area contributed by atoms with Crippen molar-refractivity contribution < 1.29 is 14.0 Å². The molecule has 1 amide bonds. The van der Waals surface area contributed by atoms with Gasteiger partial charge in [0.1, 0.15) is 34.1 Å². The molecule has 0 fully saturated rings. The van der Waals surface area contributed by atoms with Crippen LogP contribution >= 0.6 is 27.7 Å². The number of nitrogen functional groups attached to an aromatic ring is 1. The number of nitrogens with two attached hydrogens (primary N) is 1. The number of nitriles is 2. The number of amides is 1. The number of hydrogen-bond acceptors (Lipinski definition) is 8. The number of carbonyl (C=O) groups is 1. The van der Waals surface area contributed by atoms with Gasteiger partial charge in [0, 0.05) is 4.47 Å². The lowest BCUT2D eigenvalue weighted by Crippen LogP contribution is -2.34. The van der Waals surface area contributed by atoms with Gasteiger partial charge in [0.2, 0.25) is 5.91 Å². The van der Waals surface area contributed by atoms with Crippen LogP contribution in [0.15, 0.2) is 43.1 Å². The van der Waals surface area contributed by atoms with Crippen molar-refractivity contribution >= 4 is 45.1 Å². The van der Waals surface area contributed by atoms with E-state index in [0.717, 1.165) is 11.8 Å². The Kier molecular flexibility index (Phi) is 6.44. The average Bonchev–Trinajstić information content (AvgIpc) is 3.07. The van der Waals surface area contributed by atoms with Gasteiger partial charge in [-0.2, -0.15) is 10.5 Å². The first-order valence-corrected chi connectivity index (χ1v) is 10.4. The van der Waals surface area contributed by atoms with Gasteiger partial charge in [0.15, 0.2) is 7.05 Å². The summed E-state index contributed by atoms with van der Waals surface area (Å²) in [6.07, 6.45) is 0. The number of aromatic amines is 1. The molecule has 10 nitrogen and oxygen atoms in total. The van der Waals surface area contributed by atoms with Crippen LogP contribution in [-0.4, -0.2) is 21.4 Å². The lowest BCUT2D eigenvalue weighted by Gasteiger charge is -2.14. The predicted molar refractivity (Wildman–Crippen MR) is 116 cm³/mol. The number of aromatic nitrogens is 3. The molecule has 2 heterocycles. The van der Waals surface area contributed by atoms with Crippen LogP contribution in [0.4, 0.5) is 11.5 Å². The van der Waals surface area contributed by atoms with E-state index in [4.69, 9.17) is 10.3 Å². The first-order chi connectivity index (χ1) is 14.8. The fraction of sp³-hybridized carbons (Fsp3) is 0.158. The summed E-state index contributed by atoms with van der Waals surface area (Å²) in [5, 5.41) is 23.9. The van der Waals surface area contributed by atoms with Gasteiger partial charge in [-0.1, -0.05) is 28.6 Å². The van der Waals surface area contributed by atoms with Gasteiger partial charge in [-0.05, 0) is 40.3 Å². The zero-order valence-electron chi connectivity index (χ0n) is 16.3. The molecule has 0 radical (unpaired) electrons. The minimum absolute atomic E-state index is 0.00379. The van der Waals surface area contributed by atoms with E-state index < -0.39 is 10.9 Å². The third kappa shape index (κ3) is 4.30. The van der Waals surface area contributed by atoms with E-state index >= 15 is 0 Å². The highest BCUT2D eigenvalue weighted by atomic mass is 79.9. The Hall–Kier alpha value is -3.61. The second-order valence-electron chi connectivity index (χ2n) is 6.27. The minimum atomic E-state index is -0.781. The molecule has 0 aliphatic carbocycles. The van der Waals surface area contributed by atoms with Gasteiger partial charge in [-0.15, -0.1) is 0 Å². The largest absolute Gasteiger partial charge is 0.435 e. The fourth-order valence-corrected chi connectivity index (χ4v) is 4.05. The summed E-state index contributed by atoms with van der Waals surface area (Å²) in [6, 6.07) is 11.0. The number of benzene rings is 1. The molecule has 1 atom stereocenters. The molecule has 4 N–H and O–H groups in total. The molecule has 0 aliphatic rings. The number of para-hydroxylation sites is 1. The fourth-order valence-electron chi connectivity index (χ4n) is 2.75. The summed E-state index contributed by atoms with van der Waals surface area (Å²) >= 11 is 4.35. The van der Waals surface area contributed by atoms with E-state index in [1.165, 1.54) is 11.7 Å². The van der Waals surface area contributed by atoms with Crippen molar-refractivity contribution in [2.24, 2.45) is 7.05 Å². The number of pyridine rings is 1. The number of aryl methyl sites for hydroxylation is 1. The molecular formula is C19H15BrN7O3S+. The van der Waals surface area contributed by atoms with Gasteiger partial charge < -0.3 is 11.1 Å². The molecule has 3 rings (SSSR count). The summed E-state index contributed by atoms with van der Waals surface area (Å²) < 4.78 is 6.70. The molecule has 156 valence electrons. The summed E-state index contributed by atoms with van der Waals surface area (Å²) in [7, 11) is 1.49. The van der Waals surface area contributed by atoms with Crippen molar-refractivity contribution in [3.8, 4) is 23.4 Å². The van der Waals surface area contributed by atoms with Gasteiger partial charge in [-0.3, -0.25) is 9.32 Å². The number of anilines is 2. The second kappa shape index (κ2) is 9.04. The Morgan fingerprint density at radius 3 is 2.61 bits per heavy atom. The number of rotatable bonds is 5. The van der Waals surface area contributed by atoms with Gasteiger partial charge in [-0.25, -0.2) is 9.78 Å². The number of nitrogens with one attached hydrogen (secondary N) is 2. The normalized spacial score (nSPS) is 11.4. The number of halogens is 1. The molecule has 1 aromatic carbocycles. The van der Waals surface area contributed by atoms with E-state index in [-0.39, 0.29) is 39.1 Å². The monoisotopic (exact) mass is 500 g/mol. The molecule has 3 aromatic rings. The Morgan fingerprint density at radius 1 is 1.35 bits per heavy atom. The highest BCUT2D eigenvalue weighted by Gasteiger charge is 2.32. The van der Waals surface area contributed by atoms with Crippen molar-refractivity contribution in [3.05, 3.63) is 50.3 Å². The predicted octanol–water partition coefficient (Wildman–Crippen LogP) is 2.06. The Balaban J connectivity index is 2.04. The minimum Gasteiger partial charge on any atom is -0.383 e. The lowest BCUT2D eigenvalue weighted by atomic mass is 10.0. The summed E-state index contributed by atoms with van der Waals surface area (Å²) in [5.41, 5.74) is 5.50. The molecule has 0 saturated heterocycles. The van der Waals surface area contributed by atoms with E-state index in [2.05, 4.69) is 31.5 Å². The van der Waals surface area contributed by atoms with Crippen LogP contribution in [0.1, 0.15) is 18.1 Å². The summed E-state index contributed by atoms with van der Waals surface area (Å²) in [6.45, 7) is 1.64. The average molecular weight is 501 g/mol. The highest BCUT2D eigenvalue weighted by Crippen LogP contribution is 2.35. The van der Waals surface area contributed by atoms with Crippen molar-refractivity contribution in [3.63, 3.8) is 0 Å². The first-order valence-electron chi connectivity index (χ1n) is 8.72. The Bertz CT molecular complexity index is 1320. The molecule has 0 saturated carbocycles. The molecule has 0 aliphatic heterocycles. The molecular weight excluding hydrogens is 486 g/mol. The smallest absolute Gasteiger partial charge is 0.383 e. The highest BCUT2D eigenvalue weighted by molar-refractivity contribution is 9.10. The van der Waals surface area contributed by atoms with E-state index in [9.17, 15) is 20.1 Å². The molecule has 1 unspecified atom stereocenters. The first kappa shape index (κ1) is 22.1. The Labute approximate surface area is 188 Å². The second-order valence-corrected chi connectivity index (χ2v) is 8.45. The van der Waals surface area contributed by atoms with E-state index in [1.807, 2.05) is 18.2 Å². The van der Waals surface area contributed by atoms with Gasteiger partial charge >= 0.3 is 11.3 Å². The quantitative estimate of drug-likeness (QED) is 0.353. The summed E-state index contributed by atoms with van der Waals surface area (Å²) in [4.78, 5) is 29.0. The maximum absolute atomic E-state index is 12.7. The maximum atomic E-state index is 12.7. The van der Waals surface area contributed by atoms with Crippen LogP contribution in [0.5, 0.6) is 0 Å². The number of hydrogen-bond donors (Lipinski definition) is 3. The molecule has 0 bridgehead atoms. The van der Waals surface area contributed by atoms with Gasteiger partial charge in [0.05, 0.1) is 16.5 Å². The number of H-pyrrole nitrogens is 1. The van der Waals surface area contributed by atoms with Crippen molar-refractivity contribution in [1.29, 1.82) is 10.5 Å². The van der Waals surface area contributed by atoms with Crippen LogP contribution in [0.2, 0.25) is 0 Å². The van der Waals surface area contributed by atoms with Crippen molar-refractivity contribution in [2.45, 2.75) is 17.2 Å².